The van der Waals surface area contributed by atoms with Gasteiger partial charge in [-0.3, -0.25) is 9.59 Å². The lowest BCUT2D eigenvalue weighted by atomic mass is 10.1. The third-order valence-corrected chi connectivity index (χ3v) is 6.10. The van der Waals surface area contributed by atoms with Gasteiger partial charge in [0.25, 0.3) is 0 Å². The average molecular weight is 564 g/mol. The van der Waals surface area contributed by atoms with Gasteiger partial charge in [0.05, 0.1) is 0 Å². The lowest BCUT2D eigenvalue weighted by Gasteiger charge is -2.06. The van der Waals surface area contributed by atoms with Crippen molar-refractivity contribution >= 4 is 52.8 Å². The maximum atomic E-state index is 11.8. The van der Waals surface area contributed by atoms with E-state index >= 15 is 0 Å². The Morgan fingerprint density at radius 1 is 1.18 bits per heavy atom. The van der Waals surface area contributed by atoms with Crippen molar-refractivity contribution in [1.29, 1.82) is 0 Å². The zero-order valence-corrected chi connectivity index (χ0v) is 20.3. The van der Waals surface area contributed by atoms with E-state index in [0.717, 1.165) is 36.0 Å². The summed E-state index contributed by atoms with van der Waals surface area (Å²) in [4.78, 5) is 23.4. The number of unbranched alkanes of at least 4 members (excludes halogenated alkanes) is 2. The monoisotopic (exact) mass is 563 g/mol. The van der Waals surface area contributed by atoms with Crippen molar-refractivity contribution in [1.82, 2.24) is 3.53 Å². The molecule has 0 aromatic heterocycles. The van der Waals surface area contributed by atoms with Crippen LogP contribution in [0, 0.1) is 17.2 Å². The minimum atomic E-state index is -1.89. The number of hydrogen-bond acceptors (Lipinski definition) is 3. The number of hydrogen-bond donors (Lipinski definition) is 3. The van der Waals surface area contributed by atoms with Crippen molar-refractivity contribution in [3.05, 3.63) is 38.9 Å². The number of amides is 2. The molecule has 1 aromatic rings. The molecule has 0 fully saturated rings. The minimum Gasteiger partial charge on any atom is -0.331 e. The van der Waals surface area contributed by atoms with Crippen LogP contribution in [-0.4, -0.2) is 18.4 Å². The van der Waals surface area contributed by atoms with Gasteiger partial charge in [0.2, 0.25) is 11.8 Å². The number of benzene rings is 1. The summed E-state index contributed by atoms with van der Waals surface area (Å²) in [6.45, 7) is 4.54. The Bertz CT molecular complexity index is 694. The Morgan fingerprint density at radius 3 is 2.29 bits per heavy atom. The number of anilines is 1. The standard InChI is InChI=1S/C17H22BrIN2O2.C2H7N.C2H2/c1-3-12-19(2)21-17(23)11-6-4-5-10-16(22)20-15-9-7-8-14(18)13-15;1-2-3;1-2/h2-3,7-9,12-13H,4-6,10-11H2,1H3,(H,20,22)(H,21,23);2-3H2,1H3;1-2H/b12-3-;;. The quantitative estimate of drug-likeness (QED) is 0.184. The van der Waals surface area contributed by atoms with Gasteiger partial charge in [-0.25, -0.2) is 0 Å². The van der Waals surface area contributed by atoms with Crippen LogP contribution in [0.5, 0.6) is 0 Å². The second-order valence-corrected chi connectivity index (χ2v) is 9.49. The van der Waals surface area contributed by atoms with Crippen molar-refractivity contribution in [2.24, 2.45) is 5.73 Å². The normalized spacial score (nSPS) is 9.64. The van der Waals surface area contributed by atoms with Gasteiger partial charge in [-0.15, -0.1) is 17.2 Å². The largest absolute Gasteiger partial charge is 0.331 e. The molecule has 0 aliphatic rings. The Balaban J connectivity index is 0. The molecule has 0 saturated heterocycles. The third kappa shape index (κ3) is 17.8. The lowest BCUT2D eigenvalue weighted by molar-refractivity contribution is -0.119. The van der Waals surface area contributed by atoms with Crippen LogP contribution in [0.25, 0.3) is 0 Å². The Kier molecular flexibility index (Phi) is 20.6. The van der Waals surface area contributed by atoms with E-state index in [2.05, 4.69) is 37.6 Å². The van der Waals surface area contributed by atoms with E-state index < -0.39 is 19.4 Å². The third-order valence-electron chi connectivity index (χ3n) is 2.89. The van der Waals surface area contributed by atoms with Gasteiger partial charge in [-0.2, -0.15) is 0 Å². The van der Waals surface area contributed by atoms with E-state index in [4.69, 9.17) is 10.0 Å². The summed E-state index contributed by atoms with van der Waals surface area (Å²) in [5.74, 6) is 0.00500. The molecular weight excluding hydrogens is 533 g/mol. The first-order valence-electron chi connectivity index (χ1n) is 8.86. The van der Waals surface area contributed by atoms with Crippen LogP contribution in [-0.2, 0) is 9.59 Å². The zero-order valence-electron chi connectivity index (χ0n) is 16.6. The minimum absolute atomic E-state index is 0.00369. The number of allylic oxidation sites excluding steroid dienone is 1. The van der Waals surface area contributed by atoms with Crippen LogP contribution in [0.15, 0.2) is 38.9 Å². The molecule has 0 spiro atoms. The summed E-state index contributed by atoms with van der Waals surface area (Å²) in [6, 6.07) is 7.50. The molecule has 1 aromatic carbocycles. The van der Waals surface area contributed by atoms with E-state index in [1.54, 1.807) is 0 Å². The summed E-state index contributed by atoms with van der Waals surface area (Å²) in [5, 5.41) is 2.86. The summed E-state index contributed by atoms with van der Waals surface area (Å²) >= 11 is 1.47. The Morgan fingerprint density at radius 2 is 1.75 bits per heavy atom. The molecule has 0 radical (unpaired) electrons. The van der Waals surface area contributed by atoms with E-state index in [0.29, 0.717) is 12.8 Å². The van der Waals surface area contributed by atoms with Crippen molar-refractivity contribution in [2.75, 3.05) is 11.9 Å². The molecule has 28 heavy (non-hydrogen) atoms. The van der Waals surface area contributed by atoms with Crippen molar-refractivity contribution in [3.8, 4) is 17.2 Å². The maximum absolute atomic E-state index is 11.8. The molecular formula is C21H31BrIN3O2. The van der Waals surface area contributed by atoms with Gasteiger partial charge < -0.3 is 14.6 Å². The number of terminal acetylenes is 1. The molecule has 0 heterocycles. The SMILES string of the molecule is C#C.C#I(/C=C\C)NC(=O)CCCCCC(=O)Nc1cccc(Br)c1.CCN. The Hall–Kier alpha value is -1.59. The van der Waals surface area contributed by atoms with Crippen LogP contribution in [0.4, 0.5) is 5.69 Å². The highest BCUT2D eigenvalue weighted by atomic mass is 127. The number of halogens is 2. The average Bonchev–Trinajstić information content (AvgIpc) is 2.64. The van der Waals surface area contributed by atoms with Crippen LogP contribution >= 0.6 is 35.3 Å². The predicted molar refractivity (Wildman–Crippen MR) is 132 cm³/mol. The fraction of sp³-hybridized carbons (Fsp3) is 0.381. The zero-order chi connectivity index (χ0) is 21.8. The van der Waals surface area contributed by atoms with Crippen molar-refractivity contribution in [2.45, 2.75) is 46.0 Å². The van der Waals surface area contributed by atoms with Gasteiger partial charge in [-0.1, -0.05) is 41.4 Å². The molecule has 0 aliphatic heterocycles. The number of carbonyl (C=O) groups is 2. The molecule has 156 valence electrons. The first-order chi connectivity index (χ1) is 13.4. The van der Waals surface area contributed by atoms with Crippen LogP contribution < -0.4 is 14.6 Å². The number of rotatable bonds is 7. The molecule has 0 unspecified atom stereocenters. The van der Waals surface area contributed by atoms with E-state index in [-0.39, 0.29) is 11.8 Å². The van der Waals surface area contributed by atoms with Crippen molar-refractivity contribution < 1.29 is 9.59 Å². The second kappa shape index (κ2) is 20.2. The molecule has 0 saturated carbocycles. The molecule has 0 atom stereocenters. The maximum Gasteiger partial charge on any atom is 0.228 e. The lowest BCUT2D eigenvalue weighted by Crippen LogP contribution is -2.14. The highest BCUT2D eigenvalue weighted by Gasteiger charge is 2.04. The van der Waals surface area contributed by atoms with Crippen LogP contribution in [0.1, 0.15) is 46.0 Å². The summed E-state index contributed by atoms with van der Waals surface area (Å²) in [7, 11) is 0. The number of nitrogens with one attached hydrogen (secondary N) is 2. The van der Waals surface area contributed by atoms with Gasteiger partial charge in [0.15, 0.2) is 0 Å². The molecule has 4 N–H and O–H groups in total. The molecule has 5 nitrogen and oxygen atoms in total. The summed E-state index contributed by atoms with van der Waals surface area (Å²) in [5.41, 5.74) is 5.63. The van der Waals surface area contributed by atoms with E-state index in [1.807, 2.05) is 48.3 Å². The molecule has 7 heteroatoms. The fourth-order valence-electron chi connectivity index (χ4n) is 1.87. The summed E-state index contributed by atoms with van der Waals surface area (Å²) in [6.07, 6.45) is 13.2. The second-order valence-electron chi connectivity index (χ2n) is 5.35. The number of nitrogens with two attached hydrogens (primary N) is 1. The summed E-state index contributed by atoms with van der Waals surface area (Å²) < 4.78 is 11.5. The predicted octanol–water partition coefficient (Wildman–Crippen LogP) is 5.21. The topological polar surface area (TPSA) is 84.2 Å². The van der Waals surface area contributed by atoms with Gasteiger partial charge in [0, 0.05) is 23.0 Å². The Labute approximate surface area is 184 Å². The van der Waals surface area contributed by atoms with Crippen LogP contribution in [0.2, 0.25) is 0 Å². The molecule has 1 rings (SSSR count). The molecule has 2 amide bonds. The first kappa shape index (κ1) is 28.6. The van der Waals surface area contributed by atoms with Gasteiger partial charge >= 0.3 is 0 Å². The van der Waals surface area contributed by atoms with Crippen molar-refractivity contribution in [3.63, 3.8) is 0 Å². The van der Waals surface area contributed by atoms with Gasteiger partial charge in [0.1, 0.15) is 0 Å². The van der Waals surface area contributed by atoms with Crippen LogP contribution in [0.3, 0.4) is 0 Å². The van der Waals surface area contributed by atoms with E-state index in [9.17, 15) is 9.59 Å². The highest BCUT2D eigenvalue weighted by Crippen LogP contribution is 2.17. The number of carbonyl (C=O) groups excluding carboxylic acids is 2. The fourth-order valence-corrected chi connectivity index (χ4v) is 4.19. The smallest absolute Gasteiger partial charge is 0.228 e. The molecule has 0 bridgehead atoms. The molecule has 0 aliphatic carbocycles. The van der Waals surface area contributed by atoms with E-state index in [1.165, 1.54) is 0 Å². The van der Waals surface area contributed by atoms with Gasteiger partial charge in [-0.05, 0) is 68.0 Å². The highest BCUT2D eigenvalue weighted by molar-refractivity contribution is 14.2. The first-order valence-corrected chi connectivity index (χ1v) is 13.2.